The Hall–Kier alpha value is -2.94. The predicted molar refractivity (Wildman–Crippen MR) is 133 cm³/mol. The van der Waals surface area contributed by atoms with E-state index in [0.29, 0.717) is 32.4 Å². The van der Waals surface area contributed by atoms with E-state index in [9.17, 15) is 17.6 Å². The summed E-state index contributed by atoms with van der Waals surface area (Å²) in [6.07, 6.45) is -3.40. The molecule has 1 fully saturated rings. The van der Waals surface area contributed by atoms with Crippen molar-refractivity contribution in [2.75, 3.05) is 26.3 Å². The summed E-state index contributed by atoms with van der Waals surface area (Å²) in [6, 6.07) is 20.4. The monoisotopic (exact) mass is 517 g/mol. The third-order valence-electron chi connectivity index (χ3n) is 6.38. The first-order valence-electron chi connectivity index (χ1n) is 12.4. The standard InChI is InChI=1S/C29H31F4NO3/c30-24-10-7-23(27(17-24)29(31,32)33)20-37-28-18-34-14-13-26(28)22-8-11-25(12-9-22)36-16-4-15-35-19-21-5-2-1-3-6-21/h1-3,5-12,17,26,28,34H,4,13-16,18-20H2. The molecule has 0 spiro atoms. The van der Waals surface area contributed by atoms with Gasteiger partial charge in [0.2, 0.25) is 0 Å². The Labute approximate surface area is 214 Å². The molecule has 1 N–H and O–H groups in total. The fourth-order valence-corrected chi connectivity index (χ4v) is 4.45. The quantitative estimate of drug-likeness (QED) is 0.233. The molecule has 8 heteroatoms. The number of piperidine rings is 1. The highest BCUT2D eigenvalue weighted by atomic mass is 19.4. The second-order valence-electron chi connectivity index (χ2n) is 9.06. The van der Waals surface area contributed by atoms with Crippen molar-refractivity contribution in [1.82, 2.24) is 5.32 Å². The summed E-state index contributed by atoms with van der Waals surface area (Å²) in [5.41, 5.74) is 1.10. The van der Waals surface area contributed by atoms with Crippen LogP contribution in [-0.4, -0.2) is 32.4 Å². The van der Waals surface area contributed by atoms with Crippen molar-refractivity contribution in [3.63, 3.8) is 0 Å². The van der Waals surface area contributed by atoms with Crippen LogP contribution in [0.15, 0.2) is 72.8 Å². The lowest BCUT2D eigenvalue weighted by atomic mass is 9.87. The molecule has 37 heavy (non-hydrogen) atoms. The Kier molecular flexibility index (Phi) is 9.55. The number of nitrogens with one attached hydrogen (secondary N) is 1. The van der Waals surface area contributed by atoms with Crippen LogP contribution in [0.25, 0.3) is 0 Å². The smallest absolute Gasteiger partial charge is 0.416 e. The lowest BCUT2D eigenvalue weighted by Gasteiger charge is -2.33. The Balaban J connectivity index is 1.27. The largest absolute Gasteiger partial charge is 0.494 e. The van der Waals surface area contributed by atoms with Gasteiger partial charge in [-0.3, -0.25) is 0 Å². The van der Waals surface area contributed by atoms with Gasteiger partial charge in [0.15, 0.2) is 0 Å². The van der Waals surface area contributed by atoms with Crippen molar-refractivity contribution < 1.29 is 31.8 Å². The molecule has 3 aromatic carbocycles. The van der Waals surface area contributed by atoms with E-state index in [4.69, 9.17) is 14.2 Å². The van der Waals surface area contributed by atoms with Crippen molar-refractivity contribution in [1.29, 1.82) is 0 Å². The summed E-state index contributed by atoms with van der Waals surface area (Å²) in [5, 5.41) is 3.25. The van der Waals surface area contributed by atoms with E-state index in [1.54, 1.807) is 0 Å². The first-order chi connectivity index (χ1) is 17.9. The Morgan fingerprint density at radius 3 is 2.43 bits per heavy atom. The van der Waals surface area contributed by atoms with Crippen LogP contribution in [0.1, 0.15) is 41.0 Å². The fourth-order valence-electron chi connectivity index (χ4n) is 4.45. The Morgan fingerprint density at radius 2 is 1.68 bits per heavy atom. The molecule has 4 nitrogen and oxygen atoms in total. The summed E-state index contributed by atoms with van der Waals surface area (Å²) < 4.78 is 70.9. The lowest BCUT2D eigenvalue weighted by Crippen LogP contribution is -2.41. The Bertz CT molecular complexity index is 1110. The molecule has 0 aromatic heterocycles. The summed E-state index contributed by atoms with van der Waals surface area (Å²) >= 11 is 0. The van der Waals surface area contributed by atoms with E-state index in [1.807, 2.05) is 54.6 Å². The number of alkyl halides is 3. The van der Waals surface area contributed by atoms with Crippen LogP contribution in [0, 0.1) is 5.82 Å². The van der Waals surface area contributed by atoms with Gasteiger partial charge in [-0.1, -0.05) is 48.5 Å². The molecule has 1 aliphatic heterocycles. The third kappa shape index (κ3) is 8.02. The van der Waals surface area contributed by atoms with Gasteiger partial charge in [0.05, 0.1) is 38.1 Å². The summed E-state index contributed by atoms with van der Waals surface area (Å²) in [7, 11) is 0. The van der Waals surface area contributed by atoms with Crippen molar-refractivity contribution >= 4 is 0 Å². The van der Waals surface area contributed by atoms with Crippen molar-refractivity contribution in [2.24, 2.45) is 0 Å². The number of hydrogen-bond donors (Lipinski definition) is 1. The number of ether oxygens (including phenoxy) is 3. The number of benzene rings is 3. The van der Waals surface area contributed by atoms with Gasteiger partial charge >= 0.3 is 6.18 Å². The first-order valence-corrected chi connectivity index (χ1v) is 12.4. The predicted octanol–water partition coefficient (Wildman–Crippen LogP) is 6.49. The average molecular weight is 518 g/mol. The molecule has 2 unspecified atom stereocenters. The summed E-state index contributed by atoms with van der Waals surface area (Å²) in [6.45, 7) is 2.78. The number of halogens is 4. The number of rotatable bonds is 11. The molecule has 1 saturated heterocycles. The minimum atomic E-state index is -4.64. The van der Waals surface area contributed by atoms with Crippen LogP contribution >= 0.6 is 0 Å². The molecule has 4 rings (SSSR count). The van der Waals surface area contributed by atoms with Gasteiger partial charge in [-0.15, -0.1) is 0 Å². The van der Waals surface area contributed by atoms with Gasteiger partial charge in [0.25, 0.3) is 0 Å². The maximum Gasteiger partial charge on any atom is 0.416 e. The van der Waals surface area contributed by atoms with Crippen LogP contribution in [-0.2, 0) is 28.9 Å². The van der Waals surface area contributed by atoms with Crippen LogP contribution in [0.2, 0.25) is 0 Å². The van der Waals surface area contributed by atoms with E-state index in [2.05, 4.69) is 5.32 Å². The van der Waals surface area contributed by atoms with Crippen molar-refractivity contribution in [3.8, 4) is 5.75 Å². The summed E-state index contributed by atoms with van der Waals surface area (Å²) in [4.78, 5) is 0. The normalized spacial score (nSPS) is 18.1. The zero-order valence-electron chi connectivity index (χ0n) is 20.5. The third-order valence-corrected chi connectivity index (χ3v) is 6.38. The maximum atomic E-state index is 13.4. The Morgan fingerprint density at radius 1 is 0.892 bits per heavy atom. The fraction of sp³-hybridized carbons (Fsp3) is 0.379. The molecule has 3 aromatic rings. The van der Waals surface area contributed by atoms with Crippen molar-refractivity contribution in [2.45, 2.75) is 44.3 Å². The van der Waals surface area contributed by atoms with E-state index in [-0.39, 0.29) is 24.2 Å². The van der Waals surface area contributed by atoms with Crippen LogP contribution in [0.3, 0.4) is 0 Å². The lowest BCUT2D eigenvalue weighted by molar-refractivity contribution is -0.139. The highest BCUT2D eigenvalue weighted by molar-refractivity contribution is 5.32. The van der Waals surface area contributed by atoms with E-state index >= 15 is 0 Å². The molecular formula is C29H31F4NO3. The highest BCUT2D eigenvalue weighted by Crippen LogP contribution is 2.34. The minimum absolute atomic E-state index is 0.0245. The maximum absolute atomic E-state index is 13.4. The van der Waals surface area contributed by atoms with Gasteiger partial charge in [0, 0.05) is 18.9 Å². The second kappa shape index (κ2) is 13.0. The summed E-state index contributed by atoms with van der Waals surface area (Å²) in [5.74, 6) is -0.147. The van der Waals surface area contributed by atoms with E-state index < -0.39 is 17.6 Å². The first kappa shape index (κ1) is 27.1. The molecule has 0 radical (unpaired) electrons. The van der Waals surface area contributed by atoms with Gasteiger partial charge in [0.1, 0.15) is 11.6 Å². The minimum Gasteiger partial charge on any atom is -0.494 e. The SMILES string of the molecule is Fc1ccc(COC2CNCCC2c2ccc(OCCCOCc3ccccc3)cc2)c(C(F)(F)F)c1. The van der Waals surface area contributed by atoms with Crippen LogP contribution < -0.4 is 10.1 Å². The molecule has 198 valence electrons. The zero-order chi connectivity index (χ0) is 26.1. The van der Waals surface area contributed by atoms with Gasteiger partial charge in [-0.2, -0.15) is 13.2 Å². The van der Waals surface area contributed by atoms with E-state index in [1.165, 1.54) is 0 Å². The molecule has 0 aliphatic carbocycles. The number of hydrogen-bond acceptors (Lipinski definition) is 4. The molecule has 0 bridgehead atoms. The molecule has 0 amide bonds. The highest BCUT2D eigenvalue weighted by Gasteiger charge is 2.34. The van der Waals surface area contributed by atoms with Gasteiger partial charge in [-0.25, -0.2) is 4.39 Å². The topological polar surface area (TPSA) is 39.7 Å². The zero-order valence-corrected chi connectivity index (χ0v) is 20.5. The molecule has 0 saturated carbocycles. The molecule has 1 heterocycles. The van der Waals surface area contributed by atoms with Crippen LogP contribution in [0.5, 0.6) is 5.75 Å². The van der Waals surface area contributed by atoms with Crippen molar-refractivity contribution in [3.05, 3.63) is 101 Å². The molecule has 2 atom stereocenters. The van der Waals surface area contributed by atoms with Crippen LogP contribution in [0.4, 0.5) is 17.6 Å². The van der Waals surface area contributed by atoms with E-state index in [0.717, 1.165) is 48.4 Å². The average Bonchev–Trinajstić information content (AvgIpc) is 2.90. The van der Waals surface area contributed by atoms with Gasteiger partial charge < -0.3 is 19.5 Å². The second-order valence-corrected chi connectivity index (χ2v) is 9.06. The van der Waals surface area contributed by atoms with Gasteiger partial charge in [-0.05, 0) is 53.9 Å². The molecule has 1 aliphatic rings. The molecular weight excluding hydrogens is 486 g/mol.